The van der Waals surface area contributed by atoms with E-state index in [9.17, 15) is 18.7 Å². The van der Waals surface area contributed by atoms with Crippen molar-refractivity contribution < 1.29 is 18.7 Å². The van der Waals surface area contributed by atoms with E-state index >= 15 is 0 Å². The average molecular weight is 324 g/mol. The highest BCUT2D eigenvalue weighted by atomic mass is 35.5. The summed E-state index contributed by atoms with van der Waals surface area (Å²) in [6.45, 7) is 0. The van der Waals surface area contributed by atoms with Crippen LogP contribution in [0.3, 0.4) is 0 Å². The number of fused-ring (bicyclic) bond motifs is 1. The summed E-state index contributed by atoms with van der Waals surface area (Å²) >= 11 is 5.85. The van der Waals surface area contributed by atoms with Crippen molar-refractivity contribution in [3.8, 4) is 5.75 Å². The van der Waals surface area contributed by atoms with Crippen LogP contribution in [-0.4, -0.2) is 11.0 Å². The molecule has 0 aromatic heterocycles. The van der Waals surface area contributed by atoms with E-state index < -0.39 is 29.3 Å². The van der Waals surface area contributed by atoms with Crippen molar-refractivity contribution in [1.29, 1.82) is 0 Å². The van der Waals surface area contributed by atoms with E-state index in [0.29, 0.717) is 24.0 Å². The molecule has 0 radical (unpaired) electrons. The molecule has 6 heteroatoms. The molecule has 0 aliphatic heterocycles. The minimum atomic E-state index is -0.867. The summed E-state index contributed by atoms with van der Waals surface area (Å²) in [7, 11) is 0. The molecule has 1 atom stereocenters. The molecule has 2 N–H and O–H groups in total. The van der Waals surface area contributed by atoms with Crippen LogP contribution in [0.4, 0.5) is 8.78 Å². The number of hydrogen-bond donors (Lipinski definition) is 2. The molecule has 2 aromatic rings. The first-order valence-electron chi connectivity index (χ1n) is 6.73. The third-order valence-electron chi connectivity index (χ3n) is 3.79. The van der Waals surface area contributed by atoms with Crippen LogP contribution >= 0.6 is 11.6 Å². The lowest BCUT2D eigenvalue weighted by atomic mass is 10.1. The van der Waals surface area contributed by atoms with Crippen molar-refractivity contribution in [1.82, 2.24) is 5.32 Å². The Hall–Kier alpha value is -2.14. The maximum atomic E-state index is 13.8. The van der Waals surface area contributed by atoms with Crippen LogP contribution in [0.2, 0.25) is 5.02 Å². The van der Waals surface area contributed by atoms with Crippen LogP contribution in [0.1, 0.15) is 33.9 Å². The summed E-state index contributed by atoms with van der Waals surface area (Å²) in [5.41, 5.74) is 0.989. The van der Waals surface area contributed by atoms with Crippen LogP contribution < -0.4 is 5.32 Å². The lowest BCUT2D eigenvalue weighted by Gasteiger charge is -2.15. The number of phenols is 1. The number of carbonyl (C=O) groups excluding carboxylic acids is 1. The number of rotatable bonds is 2. The minimum absolute atomic E-state index is 0.157. The van der Waals surface area contributed by atoms with E-state index in [1.54, 1.807) is 6.07 Å². The fourth-order valence-corrected chi connectivity index (χ4v) is 2.94. The molecule has 0 saturated carbocycles. The van der Waals surface area contributed by atoms with Crippen molar-refractivity contribution in [2.24, 2.45) is 0 Å². The van der Waals surface area contributed by atoms with E-state index in [2.05, 4.69) is 5.32 Å². The summed E-state index contributed by atoms with van der Waals surface area (Å²) < 4.78 is 27.1. The Bertz CT molecular complexity index is 764. The quantitative estimate of drug-likeness (QED) is 0.884. The van der Waals surface area contributed by atoms with Gasteiger partial charge in [-0.05, 0) is 48.2 Å². The third-order valence-corrected chi connectivity index (χ3v) is 4.01. The fourth-order valence-electron chi connectivity index (χ4n) is 2.73. The highest BCUT2D eigenvalue weighted by Gasteiger charge is 2.28. The molecule has 1 aliphatic carbocycles. The number of hydrogen-bond acceptors (Lipinski definition) is 2. The molecule has 1 amide bonds. The first-order chi connectivity index (χ1) is 10.5. The van der Waals surface area contributed by atoms with Crippen molar-refractivity contribution >= 4 is 17.5 Å². The van der Waals surface area contributed by atoms with Gasteiger partial charge < -0.3 is 10.4 Å². The maximum absolute atomic E-state index is 13.8. The zero-order valence-electron chi connectivity index (χ0n) is 11.4. The Kier molecular flexibility index (Phi) is 3.74. The smallest absolute Gasteiger partial charge is 0.255 e. The number of aromatic hydroxyl groups is 1. The van der Waals surface area contributed by atoms with E-state index in [-0.39, 0.29) is 10.6 Å². The summed E-state index contributed by atoms with van der Waals surface area (Å²) in [4.78, 5) is 12.2. The highest BCUT2D eigenvalue weighted by molar-refractivity contribution is 6.30. The molecular weight excluding hydrogens is 312 g/mol. The molecule has 1 aliphatic rings. The van der Waals surface area contributed by atoms with Gasteiger partial charge in [0, 0.05) is 5.02 Å². The second-order valence-electron chi connectivity index (χ2n) is 5.16. The number of para-hydroxylation sites is 1. The van der Waals surface area contributed by atoms with Gasteiger partial charge in [-0.1, -0.05) is 17.7 Å². The number of phenolic OH excluding ortho intramolecular Hbond substituents is 1. The Balaban J connectivity index is 1.87. The summed E-state index contributed by atoms with van der Waals surface area (Å²) in [5.74, 6) is -2.58. The predicted molar refractivity (Wildman–Crippen MR) is 78.0 cm³/mol. The topological polar surface area (TPSA) is 49.3 Å². The van der Waals surface area contributed by atoms with E-state index in [0.717, 1.165) is 6.07 Å². The second-order valence-corrected chi connectivity index (χ2v) is 5.59. The van der Waals surface area contributed by atoms with E-state index in [1.165, 1.54) is 18.2 Å². The maximum Gasteiger partial charge on any atom is 0.255 e. The van der Waals surface area contributed by atoms with Crippen LogP contribution in [0.5, 0.6) is 5.75 Å². The van der Waals surface area contributed by atoms with Gasteiger partial charge in [0.2, 0.25) is 0 Å². The van der Waals surface area contributed by atoms with Gasteiger partial charge in [0.05, 0.1) is 11.6 Å². The van der Waals surface area contributed by atoms with Gasteiger partial charge in [-0.2, -0.15) is 0 Å². The van der Waals surface area contributed by atoms with Crippen molar-refractivity contribution in [2.45, 2.75) is 18.9 Å². The van der Waals surface area contributed by atoms with Gasteiger partial charge in [-0.3, -0.25) is 4.79 Å². The summed E-state index contributed by atoms with van der Waals surface area (Å²) in [6.07, 6.45) is 1.01. The molecule has 0 fully saturated rings. The molecule has 2 aromatic carbocycles. The monoisotopic (exact) mass is 323 g/mol. The Morgan fingerprint density at radius 2 is 2.05 bits per heavy atom. The van der Waals surface area contributed by atoms with E-state index in [4.69, 9.17) is 11.6 Å². The molecule has 0 bridgehead atoms. The Morgan fingerprint density at radius 1 is 1.27 bits per heavy atom. The zero-order valence-corrected chi connectivity index (χ0v) is 12.1. The number of halogens is 3. The first kappa shape index (κ1) is 14.8. The average Bonchev–Trinajstić information content (AvgIpc) is 2.85. The SMILES string of the molecule is O=C(N[C@@H]1CCc2c(F)cc(Cl)cc21)c1cccc(F)c1O. The van der Waals surface area contributed by atoms with Gasteiger partial charge in [0.1, 0.15) is 5.82 Å². The number of nitrogens with one attached hydrogen (secondary N) is 1. The van der Waals surface area contributed by atoms with Crippen LogP contribution in [-0.2, 0) is 6.42 Å². The number of amides is 1. The molecule has 0 saturated heterocycles. The molecule has 0 heterocycles. The highest BCUT2D eigenvalue weighted by Crippen LogP contribution is 2.35. The van der Waals surface area contributed by atoms with Gasteiger partial charge in [-0.25, -0.2) is 8.78 Å². The van der Waals surface area contributed by atoms with E-state index in [1.807, 2.05) is 0 Å². The molecule has 0 unspecified atom stereocenters. The minimum Gasteiger partial charge on any atom is -0.504 e. The molecular formula is C16H12ClF2NO2. The van der Waals surface area contributed by atoms with Gasteiger partial charge in [0.25, 0.3) is 5.91 Å². The lowest BCUT2D eigenvalue weighted by Crippen LogP contribution is -2.27. The lowest BCUT2D eigenvalue weighted by molar-refractivity contribution is 0.0933. The number of benzene rings is 2. The van der Waals surface area contributed by atoms with Gasteiger partial charge >= 0.3 is 0 Å². The zero-order chi connectivity index (χ0) is 15.9. The van der Waals surface area contributed by atoms with Crippen molar-refractivity contribution in [2.75, 3.05) is 0 Å². The normalized spacial score (nSPS) is 16.4. The fraction of sp³-hybridized carbons (Fsp3) is 0.188. The Labute approximate surface area is 130 Å². The number of carbonyl (C=O) groups is 1. The van der Waals surface area contributed by atoms with Crippen LogP contribution in [0.15, 0.2) is 30.3 Å². The molecule has 114 valence electrons. The summed E-state index contributed by atoms with van der Waals surface area (Å²) in [5, 5.41) is 12.5. The molecule has 3 rings (SSSR count). The summed E-state index contributed by atoms with van der Waals surface area (Å²) in [6, 6.07) is 6.15. The standard InChI is InChI=1S/C16H12ClF2NO2/c17-8-6-11-9(13(19)7-8)4-5-14(11)20-16(22)10-2-1-3-12(18)15(10)21/h1-3,6-7,14,21H,4-5H2,(H,20,22)/t14-/m1/s1. The van der Waals surface area contributed by atoms with Gasteiger partial charge in [0.15, 0.2) is 11.6 Å². The van der Waals surface area contributed by atoms with Crippen molar-refractivity contribution in [3.63, 3.8) is 0 Å². The first-order valence-corrected chi connectivity index (χ1v) is 7.11. The molecule has 22 heavy (non-hydrogen) atoms. The largest absolute Gasteiger partial charge is 0.504 e. The molecule has 3 nitrogen and oxygen atoms in total. The van der Waals surface area contributed by atoms with Crippen LogP contribution in [0, 0.1) is 11.6 Å². The molecule has 0 spiro atoms. The van der Waals surface area contributed by atoms with Gasteiger partial charge in [-0.15, -0.1) is 0 Å². The Morgan fingerprint density at radius 3 is 2.82 bits per heavy atom. The van der Waals surface area contributed by atoms with Crippen LogP contribution in [0.25, 0.3) is 0 Å². The second kappa shape index (κ2) is 5.57. The van der Waals surface area contributed by atoms with Crippen molar-refractivity contribution in [3.05, 3.63) is 63.7 Å². The predicted octanol–water partition coefficient (Wildman–Crippen LogP) is 3.74. The third kappa shape index (κ3) is 2.52.